The van der Waals surface area contributed by atoms with Crippen LogP contribution in [-0.4, -0.2) is 70.1 Å². The maximum absolute atomic E-state index is 12.2. The molecule has 1 aromatic carbocycles. The fourth-order valence-electron chi connectivity index (χ4n) is 3.41. The number of ether oxygens (including phenoxy) is 3. The van der Waals surface area contributed by atoms with Crippen molar-refractivity contribution in [2.75, 3.05) is 58.5 Å². The van der Waals surface area contributed by atoms with Gasteiger partial charge in [0.05, 0.1) is 26.9 Å². The fraction of sp³-hybridized carbons (Fsp3) is 0.611. The summed E-state index contributed by atoms with van der Waals surface area (Å²) in [4.78, 5) is 14.7. The van der Waals surface area contributed by atoms with E-state index in [2.05, 4.69) is 15.5 Å². The lowest BCUT2D eigenvalue weighted by molar-refractivity contribution is 0.00222. The maximum Gasteiger partial charge on any atom is 0.319 e. The molecule has 7 nitrogen and oxygen atoms in total. The van der Waals surface area contributed by atoms with E-state index in [1.54, 1.807) is 7.11 Å². The van der Waals surface area contributed by atoms with Crippen LogP contribution in [0.2, 0.25) is 0 Å². The van der Waals surface area contributed by atoms with Gasteiger partial charge in [0.1, 0.15) is 5.75 Å². The molecule has 2 fully saturated rings. The number of benzene rings is 1. The molecule has 25 heavy (non-hydrogen) atoms. The monoisotopic (exact) mass is 349 g/mol. The molecule has 0 bridgehead atoms. The Bertz CT molecular complexity index is 540. The lowest BCUT2D eigenvalue weighted by Crippen LogP contribution is -2.52. The number of anilines is 1. The number of morpholine rings is 1. The first-order valence-corrected chi connectivity index (χ1v) is 8.84. The van der Waals surface area contributed by atoms with Crippen molar-refractivity contribution in [2.45, 2.75) is 12.5 Å². The summed E-state index contributed by atoms with van der Waals surface area (Å²) in [6.45, 7) is 5.50. The van der Waals surface area contributed by atoms with Crippen LogP contribution in [0.25, 0.3) is 0 Å². The summed E-state index contributed by atoms with van der Waals surface area (Å²) >= 11 is 0. The van der Waals surface area contributed by atoms with Crippen LogP contribution in [0.5, 0.6) is 5.75 Å². The summed E-state index contributed by atoms with van der Waals surface area (Å²) < 4.78 is 16.1. The lowest BCUT2D eigenvalue weighted by Gasteiger charge is -2.37. The molecule has 2 aliphatic rings. The molecule has 0 saturated carbocycles. The van der Waals surface area contributed by atoms with Gasteiger partial charge in [0.25, 0.3) is 0 Å². The number of nitrogens with zero attached hydrogens (tertiary/aromatic N) is 1. The summed E-state index contributed by atoms with van der Waals surface area (Å²) in [6.07, 6.45) is 1.05. The molecular formula is C18H27N3O4. The van der Waals surface area contributed by atoms with Crippen molar-refractivity contribution >= 4 is 11.7 Å². The first-order chi connectivity index (χ1) is 12.3. The zero-order valence-corrected chi connectivity index (χ0v) is 14.7. The Kier molecular flexibility index (Phi) is 6.49. The van der Waals surface area contributed by atoms with Gasteiger partial charge in [0, 0.05) is 43.9 Å². The highest BCUT2D eigenvalue weighted by Crippen LogP contribution is 2.22. The standard InChI is InChI=1S/C18H27N3O4/c1-23-16-4-2-15(3-5-16)20-18(22)19-12-17(14-6-9-25-13-14)21-7-10-24-11-8-21/h2-5,14,17H,6-13H2,1H3,(H2,19,20,22). The molecule has 3 rings (SSSR count). The Labute approximate surface area is 148 Å². The number of urea groups is 1. The van der Waals surface area contributed by atoms with E-state index < -0.39 is 0 Å². The lowest BCUT2D eigenvalue weighted by atomic mass is 9.97. The highest BCUT2D eigenvalue weighted by Gasteiger charge is 2.31. The largest absolute Gasteiger partial charge is 0.497 e. The average molecular weight is 349 g/mol. The van der Waals surface area contributed by atoms with E-state index in [0.29, 0.717) is 12.5 Å². The highest BCUT2D eigenvalue weighted by molar-refractivity contribution is 5.89. The van der Waals surface area contributed by atoms with Gasteiger partial charge in [-0.15, -0.1) is 0 Å². The van der Waals surface area contributed by atoms with E-state index in [1.165, 1.54) is 0 Å². The minimum atomic E-state index is -0.192. The van der Waals surface area contributed by atoms with Gasteiger partial charge in [-0.1, -0.05) is 0 Å². The number of nitrogens with one attached hydrogen (secondary N) is 2. The SMILES string of the molecule is COc1ccc(NC(=O)NCC(C2CCOC2)N2CCOCC2)cc1. The van der Waals surface area contributed by atoms with E-state index in [4.69, 9.17) is 14.2 Å². The van der Waals surface area contributed by atoms with E-state index in [9.17, 15) is 4.79 Å². The number of amides is 2. The predicted molar refractivity (Wildman–Crippen MR) is 95.1 cm³/mol. The summed E-state index contributed by atoms with van der Waals surface area (Å²) in [5.74, 6) is 1.22. The fourth-order valence-corrected chi connectivity index (χ4v) is 3.41. The van der Waals surface area contributed by atoms with Gasteiger partial charge in [-0.3, -0.25) is 4.90 Å². The van der Waals surface area contributed by atoms with Crippen LogP contribution < -0.4 is 15.4 Å². The Morgan fingerprint density at radius 1 is 1.24 bits per heavy atom. The van der Waals surface area contributed by atoms with Gasteiger partial charge in [0.15, 0.2) is 0 Å². The van der Waals surface area contributed by atoms with Crippen LogP contribution >= 0.6 is 0 Å². The quantitative estimate of drug-likeness (QED) is 0.815. The van der Waals surface area contributed by atoms with Gasteiger partial charge < -0.3 is 24.8 Å². The van der Waals surface area contributed by atoms with Crippen LogP contribution in [0.3, 0.4) is 0 Å². The Hall–Kier alpha value is -1.83. The number of methoxy groups -OCH3 is 1. The second kappa shape index (κ2) is 9.03. The van der Waals surface area contributed by atoms with Crippen molar-refractivity contribution in [2.24, 2.45) is 5.92 Å². The highest BCUT2D eigenvalue weighted by atomic mass is 16.5. The minimum Gasteiger partial charge on any atom is -0.497 e. The molecule has 0 spiro atoms. The van der Waals surface area contributed by atoms with E-state index in [0.717, 1.165) is 57.4 Å². The first-order valence-electron chi connectivity index (χ1n) is 8.84. The summed E-state index contributed by atoms with van der Waals surface area (Å²) in [7, 11) is 1.62. The van der Waals surface area contributed by atoms with Crippen LogP contribution in [0.4, 0.5) is 10.5 Å². The third-order valence-electron chi connectivity index (χ3n) is 4.84. The van der Waals surface area contributed by atoms with Crippen LogP contribution in [0.15, 0.2) is 24.3 Å². The normalized spacial score (nSPS) is 22.4. The molecule has 7 heteroatoms. The van der Waals surface area contributed by atoms with E-state index in [-0.39, 0.29) is 12.1 Å². The molecular weight excluding hydrogens is 322 g/mol. The smallest absolute Gasteiger partial charge is 0.319 e. The number of carbonyl (C=O) groups is 1. The van der Waals surface area contributed by atoms with Crippen molar-refractivity contribution in [3.05, 3.63) is 24.3 Å². The second-order valence-electron chi connectivity index (χ2n) is 6.40. The van der Waals surface area contributed by atoms with Gasteiger partial charge in [0.2, 0.25) is 0 Å². The van der Waals surface area contributed by atoms with Crippen molar-refractivity contribution in [1.82, 2.24) is 10.2 Å². The molecule has 138 valence electrons. The second-order valence-corrected chi connectivity index (χ2v) is 6.40. The number of hydrogen-bond acceptors (Lipinski definition) is 5. The molecule has 2 aliphatic heterocycles. The van der Waals surface area contributed by atoms with Crippen LogP contribution in [0, 0.1) is 5.92 Å². The molecule has 0 aromatic heterocycles. The molecule has 2 atom stereocenters. The van der Waals surface area contributed by atoms with Gasteiger partial charge >= 0.3 is 6.03 Å². The summed E-state index contributed by atoms with van der Waals surface area (Å²) in [5, 5.41) is 5.88. The van der Waals surface area contributed by atoms with Crippen LogP contribution in [-0.2, 0) is 9.47 Å². The van der Waals surface area contributed by atoms with Gasteiger partial charge in [-0.05, 0) is 30.7 Å². The third kappa shape index (κ3) is 5.07. The molecule has 2 saturated heterocycles. The Morgan fingerprint density at radius 3 is 2.64 bits per heavy atom. The molecule has 2 N–H and O–H groups in total. The number of rotatable bonds is 6. The number of hydrogen-bond donors (Lipinski definition) is 2. The van der Waals surface area contributed by atoms with E-state index in [1.807, 2.05) is 24.3 Å². The molecule has 2 heterocycles. The predicted octanol–water partition coefficient (Wildman–Crippen LogP) is 1.55. The van der Waals surface area contributed by atoms with Crippen molar-refractivity contribution in [3.63, 3.8) is 0 Å². The Morgan fingerprint density at radius 2 is 2.00 bits per heavy atom. The van der Waals surface area contributed by atoms with E-state index >= 15 is 0 Å². The zero-order chi connectivity index (χ0) is 17.5. The minimum absolute atomic E-state index is 0.192. The molecule has 0 aliphatic carbocycles. The zero-order valence-electron chi connectivity index (χ0n) is 14.7. The van der Waals surface area contributed by atoms with Gasteiger partial charge in [-0.25, -0.2) is 4.79 Å². The molecule has 0 radical (unpaired) electrons. The third-order valence-corrected chi connectivity index (χ3v) is 4.84. The topological polar surface area (TPSA) is 72.1 Å². The molecule has 2 unspecified atom stereocenters. The van der Waals surface area contributed by atoms with Crippen molar-refractivity contribution in [1.29, 1.82) is 0 Å². The van der Waals surface area contributed by atoms with Crippen molar-refractivity contribution in [3.8, 4) is 5.75 Å². The van der Waals surface area contributed by atoms with Crippen LogP contribution in [0.1, 0.15) is 6.42 Å². The summed E-state index contributed by atoms with van der Waals surface area (Å²) in [6, 6.07) is 7.38. The summed E-state index contributed by atoms with van der Waals surface area (Å²) in [5.41, 5.74) is 0.741. The molecule has 1 aromatic rings. The first kappa shape index (κ1) is 18.0. The number of carbonyl (C=O) groups excluding carboxylic acids is 1. The average Bonchev–Trinajstić information content (AvgIpc) is 3.18. The molecule has 2 amide bonds. The maximum atomic E-state index is 12.2. The van der Waals surface area contributed by atoms with Gasteiger partial charge in [-0.2, -0.15) is 0 Å². The van der Waals surface area contributed by atoms with Crippen molar-refractivity contribution < 1.29 is 19.0 Å². The Balaban J connectivity index is 1.52.